The van der Waals surface area contributed by atoms with Crippen molar-refractivity contribution in [2.75, 3.05) is 17.7 Å². The SMILES string of the molecule is COc1ccc(CNC(=O)c2ccc(Nc3ccc(NC(C)=O)cc3)nc2)cc1. The van der Waals surface area contributed by atoms with Gasteiger partial charge in [-0.05, 0) is 54.1 Å². The van der Waals surface area contributed by atoms with Gasteiger partial charge in [-0.3, -0.25) is 9.59 Å². The third-order valence-corrected chi connectivity index (χ3v) is 4.12. The van der Waals surface area contributed by atoms with E-state index >= 15 is 0 Å². The molecular formula is C22H22N4O3. The first-order chi connectivity index (χ1) is 14.0. The topological polar surface area (TPSA) is 92.4 Å². The Hall–Kier alpha value is -3.87. The standard InChI is InChI=1S/C22H22N4O3/c1-15(27)25-18-6-8-19(9-7-18)26-21-12-5-17(14-23-21)22(28)24-13-16-3-10-20(29-2)11-4-16/h3-12,14H,13H2,1-2H3,(H,23,26)(H,24,28)(H,25,27). The molecule has 0 aliphatic carbocycles. The molecule has 0 radical (unpaired) electrons. The van der Waals surface area contributed by atoms with Crippen molar-refractivity contribution >= 4 is 29.0 Å². The average Bonchev–Trinajstić information content (AvgIpc) is 2.74. The summed E-state index contributed by atoms with van der Waals surface area (Å²) in [6.07, 6.45) is 1.53. The van der Waals surface area contributed by atoms with Gasteiger partial charge in [-0.15, -0.1) is 0 Å². The Morgan fingerprint density at radius 2 is 1.62 bits per heavy atom. The van der Waals surface area contributed by atoms with Gasteiger partial charge < -0.3 is 20.7 Å². The second kappa shape index (κ2) is 9.36. The first-order valence-corrected chi connectivity index (χ1v) is 9.05. The van der Waals surface area contributed by atoms with E-state index in [-0.39, 0.29) is 11.8 Å². The average molecular weight is 390 g/mol. The molecule has 148 valence electrons. The Kier molecular flexibility index (Phi) is 6.42. The number of benzene rings is 2. The van der Waals surface area contributed by atoms with Gasteiger partial charge in [0.2, 0.25) is 5.91 Å². The minimum atomic E-state index is -0.195. The van der Waals surface area contributed by atoms with E-state index in [1.54, 1.807) is 31.4 Å². The molecule has 0 aliphatic heterocycles. The van der Waals surface area contributed by atoms with Gasteiger partial charge >= 0.3 is 0 Å². The van der Waals surface area contributed by atoms with Crippen molar-refractivity contribution in [3.05, 3.63) is 78.0 Å². The van der Waals surface area contributed by atoms with Crippen LogP contribution in [0, 0.1) is 0 Å². The summed E-state index contributed by atoms with van der Waals surface area (Å²) in [5, 5.41) is 8.73. The fraction of sp³-hybridized carbons (Fsp3) is 0.136. The number of pyridine rings is 1. The molecule has 0 bridgehead atoms. The van der Waals surface area contributed by atoms with E-state index in [0.717, 1.165) is 22.7 Å². The molecule has 0 unspecified atom stereocenters. The van der Waals surface area contributed by atoms with Gasteiger partial charge in [-0.1, -0.05) is 12.1 Å². The van der Waals surface area contributed by atoms with E-state index < -0.39 is 0 Å². The normalized spacial score (nSPS) is 10.1. The number of hydrogen-bond acceptors (Lipinski definition) is 5. The zero-order chi connectivity index (χ0) is 20.6. The number of carbonyl (C=O) groups is 2. The minimum Gasteiger partial charge on any atom is -0.497 e. The van der Waals surface area contributed by atoms with E-state index in [1.807, 2.05) is 36.4 Å². The predicted molar refractivity (Wildman–Crippen MR) is 112 cm³/mol. The highest BCUT2D eigenvalue weighted by molar-refractivity contribution is 5.94. The number of hydrogen-bond donors (Lipinski definition) is 3. The van der Waals surface area contributed by atoms with Gasteiger partial charge in [0.1, 0.15) is 11.6 Å². The molecule has 0 fully saturated rings. The van der Waals surface area contributed by atoms with Crippen LogP contribution in [0.2, 0.25) is 0 Å². The number of anilines is 3. The van der Waals surface area contributed by atoms with E-state index in [2.05, 4.69) is 20.9 Å². The molecule has 1 aromatic heterocycles. The van der Waals surface area contributed by atoms with Crippen LogP contribution in [-0.4, -0.2) is 23.9 Å². The lowest BCUT2D eigenvalue weighted by Crippen LogP contribution is -2.22. The summed E-state index contributed by atoms with van der Waals surface area (Å²) in [4.78, 5) is 27.6. The van der Waals surface area contributed by atoms with Gasteiger partial charge in [0, 0.05) is 31.0 Å². The van der Waals surface area contributed by atoms with E-state index in [0.29, 0.717) is 17.9 Å². The van der Waals surface area contributed by atoms with Crippen LogP contribution < -0.4 is 20.7 Å². The fourth-order valence-corrected chi connectivity index (χ4v) is 2.62. The molecule has 0 saturated carbocycles. The van der Waals surface area contributed by atoms with Crippen molar-refractivity contribution in [3.8, 4) is 5.75 Å². The lowest BCUT2D eigenvalue weighted by atomic mass is 10.2. The van der Waals surface area contributed by atoms with Crippen LogP contribution in [0.4, 0.5) is 17.2 Å². The lowest BCUT2D eigenvalue weighted by molar-refractivity contribution is -0.114. The number of aromatic nitrogens is 1. The quantitative estimate of drug-likeness (QED) is 0.572. The molecule has 0 spiro atoms. The van der Waals surface area contributed by atoms with Crippen LogP contribution >= 0.6 is 0 Å². The van der Waals surface area contributed by atoms with Crippen LogP contribution in [0.25, 0.3) is 0 Å². The Morgan fingerprint density at radius 1 is 0.931 bits per heavy atom. The maximum Gasteiger partial charge on any atom is 0.253 e. The highest BCUT2D eigenvalue weighted by Crippen LogP contribution is 2.18. The van der Waals surface area contributed by atoms with Crippen LogP contribution in [0.5, 0.6) is 5.75 Å². The van der Waals surface area contributed by atoms with Gasteiger partial charge in [0.25, 0.3) is 5.91 Å². The Bertz CT molecular complexity index is 968. The molecule has 2 aromatic carbocycles. The molecule has 29 heavy (non-hydrogen) atoms. The summed E-state index contributed by atoms with van der Waals surface area (Å²) in [6.45, 7) is 1.88. The van der Waals surface area contributed by atoms with Crippen LogP contribution in [-0.2, 0) is 11.3 Å². The van der Waals surface area contributed by atoms with Crippen molar-refractivity contribution in [1.29, 1.82) is 0 Å². The fourth-order valence-electron chi connectivity index (χ4n) is 2.62. The highest BCUT2D eigenvalue weighted by atomic mass is 16.5. The zero-order valence-electron chi connectivity index (χ0n) is 16.2. The van der Waals surface area contributed by atoms with Crippen LogP contribution in [0.3, 0.4) is 0 Å². The van der Waals surface area contributed by atoms with Crippen molar-refractivity contribution in [2.45, 2.75) is 13.5 Å². The number of carbonyl (C=O) groups excluding carboxylic acids is 2. The minimum absolute atomic E-state index is 0.117. The lowest BCUT2D eigenvalue weighted by Gasteiger charge is -2.09. The molecule has 3 rings (SSSR count). The molecule has 7 nitrogen and oxygen atoms in total. The van der Waals surface area contributed by atoms with Gasteiger partial charge in [0.15, 0.2) is 0 Å². The molecule has 1 heterocycles. The number of nitrogens with zero attached hydrogens (tertiary/aromatic N) is 1. The summed E-state index contributed by atoms with van der Waals surface area (Å²) in [5.41, 5.74) is 3.00. The highest BCUT2D eigenvalue weighted by Gasteiger charge is 2.07. The summed E-state index contributed by atoms with van der Waals surface area (Å²) in [7, 11) is 1.61. The third-order valence-electron chi connectivity index (χ3n) is 4.12. The van der Waals surface area contributed by atoms with Crippen LogP contribution in [0.1, 0.15) is 22.8 Å². The first-order valence-electron chi connectivity index (χ1n) is 9.05. The molecule has 2 amide bonds. The Morgan fingerprint density at radius 3 is 2.21 bits per heavy atom. The zero-order valence-corrected chi connectivity index (χ0v) is 16.2. The third kappa shape index (κ3) is 5.80. The second-order valence-corrected chi connectivity index (χ2v) is 6.35. The van der Waals surface area contributed by atoms with Gasteiger partial charge in [-0.2, -0.15) is 0 Å². The molecular weight excluding hydrogens is 368 g/mol. The molecule has 0 atom stereocenters. The van der Waals surface area contributed by atoms with E-state index in [9.17, 15) is 9.59 Å². The predicted octanol–water partition coefficient (Wildman–Crippen LogP) is 3.72. The Labute approximate surface area is 169 Å². The smallest absolute Gasteiger partial charge is 0.253 e. The number of nitrogens with one attached hydrogen (secondary N) is 3. The number of amides is 2. The van der Waals surface area contributed by atoms with Crippen molar-refractivity contribution in [3.63, 3.8) is 0 Å². The largest absolute Gasteiger partial charge is 0.497 e. The number of ether oxygens (including phenoxy) is 1. The Balaban J connectivity index is 1.54. The van der Waals surface area contributed by atoms with E-state index in [1.165, 1.54) is 13.1 Å². The maximum absolute atomic E-state index is 12.3. The van der Waals surface area contributed by atoms with Gasteiger partial charge in [-0.25, -0.2) is 4.98 Å². The summed E-state index contributed by atoms with van der Waals surface area (Å²) in [6, 6.07) is 18.2. The molecule has 7 heteroatoms. The van der Waals surface area contributed by atoms with Gasteiger partial charge in [0.05, 0.1) is 12.7 Å². The first kappa shape index (κ1) is 19.9. The second-order valence-electron chi connectivity index (χ2n) is 6.35. The maximum atomic E-state index is 12.3. The summed E-state index contributed by atoms with van der Waals surface area (Å²) < 4.78 is 5.12. The van der Waals surface area contributed by atoms with Crippen molar-refractivity contribution in [2.24, 2.45) is 0 Å². The molecule has 3 aromatic rings. The monoisotopic (exact) mass is 390 g/mol. The van der Waals surface area contributed by atoms with Crippen molar-refractivity contribution in [1.82, 2.24) is 10.3 Å². The number of rotatable bonds is 7. The molecule has 0 saturated heterocycles. The molecule has 0 aliphatic rings. The molecule has 3 N–H and O–H groups in total. The van der Waals surface area contributed by atoms with Crippen molar-refractivity contribution < 1.29 is 14.3 Å². The summed E-state index contributed by atoms with van der Waals surface area (Å²) in [5.74, 6) is 1.08. The summed E-state index contributed by atoms with van der Waals surface area (Å²) >= 11 is 0. The van der Waals surface area contributed by atoms with E-state index in [4.69, 9.17) is 4.74 Å². The van der Waals surface area contributed by atoms with Crippen LogP contribution in [0.15, 0.2) is 66.9 Å². The number of methoxy groups -OCH3 is 1.